The van der Waals surface area contributed by atoms with E-state index in [2.05, 4.69) is 16.9 Å². The van der Waals surface area contributed by atoms with E-state index in [-0.39, 0.29) is 6.10 Å². The minimum absolute atomic E-state index is 0.0139. The molecule has 0 aliphatic heterocycles. The summed E-state index contributed by atoms with van der Waals surface area (Å²) in [5, 5.41) is 10.4. The molecule has 1 aliphatic carbocycles. The van der Waals surface area contributed by atoms with Crippen molar-refractivity contribution in [3.8, 4) is 0 Å². The van der Waals surface area contributed by atoms with Crippen LogP contribution in [-0.2, 0) is 7.05 Å². The van der Waals surface area contributed by atoms with Crippen molar-refractivity contribution in [1.29, 1.82) is 0 Å². The quantitative estimate of drug-likeness (QED) is 0.747. The first-order valence-corrected chi connectivity index (χ1v) is 6.57. The van der Waals surface area contributed by atoms with Gasteiger partial charge >= 0.3 is 0 Å². The van der Waals surface area contributed by atoms with E-state index in [1.807, 2.05) is 23.9 Å². The third-order valence-corrected chi connectivity index (χ3v) is 3.73. The maximum absolute atomic E-state index is 9.00. The number of halogens is 1. The lowest BCUT2D eigenvalue weighted by atomic mass is 10.1. The van der Waals surface area contributed by atoms with Crippen molar-refractivity contribution < 1.29 is 5.11 Å². The molecule has 0 amide bonds. The van der Waals surface area contributed by atoms with E-state index < -0.39 is 0 Å². The first-order chi connectivity index (χ1) is 8.59. The minimum atomic E-state index is 0.0139. The Morgan fingerprint density at radius 2 is 2.17 bits per heavy atom. The van der Waals surface area contributed by atoms with Gasteiger partial charge in [0.2, 0.25) is 0 Å². The topological polar surface area (TPSA) is 50.9 Å². The van der Waals surface area contributed by atoms with E-state index >= 15 is 0 Å². The zero-order valence-corrected chi connectivity index (χ0v) is 11.4. The minimum Gasteiger partial charge on any atom is -0.393 e. The highest BCUT2D eigenvalue weighted by Gasteiger charge is 2.19. The van der Waals surface area contributed by atoms with Crippen LogP contribution in [0.25, 0.3) is 11.0 Å². The van der Waals surface area contributed by atoms with Gasteiger partial charge in [0.25, 0.3) is 0 Å². The molecule has 3 rings (SSSR count). The van der Waals surface area contributed by atoms with Gasteiger partial charge in [-0.05, 0) is 24.8 Å². The van der Waals surface area contributed by atoms with Crippen molar-refractivity contribution in [3.05, 3.63) is 23.7 Å². The summed E-state index contributed by atoms with van der Waals surface area (Å²) in [6.07, 6.45) is 6.86. The van der Waals surface area contributed by atoms with Crippen molar-refractivity contribution in [3.63, 3.8) is 0 Å². The third kappa shape index (κ3) is 2.82. The molecule has 2 unspecified atom stereocenters. The number of rotatable bonds is 0. The van der Waals surface area contributed by atoms with Gasteiger partial charge < -0.3 is 9.67 Å². The first kappa shape index (κ1) is 13.3. The standard InChI is InChI=1S/C7H6ClN3.C6H12O/c1-11-3-2-5-6(8)9-4-10-7(5)11;1-5-3-2-4-6(5)7/h2-4H,1H3;5-7H,2-4H2,1H3. The van der Waals surface area contributed by atoms with Gasteiger partial charge in [-0.15, -0.1) is 0 Å². The lowest BCUT2D eigenvalue weighted by Gasteiger charge is -2.04. The Morgan fingerprint density at radius 3 is 2.67 bits per heavy atom. The summed E-state index contributed by atoms with van der Waals surface area (Å²) in [7, 11) is 1.92. The maximum Gasteiger partial charge on any atom is 0.144 e. The van der Waals surface area contributed by atoms with Gasteiger partial charge in [0.1, 0.15) is 17.1 Å². The zero-order valence-electron chi connectivity index (χ0n) is 10.7. The van der Waals surface area contributed by atoms with Crippen LogP contribution in [0.4, 0.5) is 0 Å². The fourth-order valence-corrected chi connectivity index (χ4v) is 2.36. The molecule has 1 saturated carbocycles. The summed E-state index contributed by atoms with van der Waals surface area (Å²) in [6.45, 7) is 2.11. The largest absolute Gasteiger partial charge is 0.393 e. The molecule has 0 saturated heterocycles. The summed E-state index contributed by atoms with van der Waals surface area (Å²) < 4.78 is 1.91. The van der Waals surface area contributed by atoms with Crippen LogP contribution in [0, 0.1) is 5.92 Å². The Morgan fingerprint density at radius 1 is 1.39 bits per heavy atom. The average Bonchev–Trinajstić information content (AvgIpc) is 2.90. The normalized spacial score (nSPS) is 22.9. The molecule has 0 radical (unpaired) electrons. The average molecular weight is 268 g/mol. The van der Waals surface area contributed by atoms with Crippen molar-refractivity contribution in [1.82, 2.24) is 14.5 Å². The molecular formula is C13H18ClN3O. The molecule has 2 atom stereocenters. The van der Waals surface area contributed by atoms with Crippen LogP contribution in [0.3, 0.4) is 0 Å². The third-order valence-electron chi connectivity index (χ3n) is 3.43. The van der Waals surface area contributed by atoms with Gasteiger partial charge in [-0.1, -0.05) is 24.9 Å². The molecule has 0 spiro atoms. The van der Waals surface area contributed by atoms with Crippen molar-refractivity contribution >= 4 is 22.6 Å². The Hall–Kier alpha value is -1.13. The van der Waals surface area contributed by atoms with E-state index in [9.17, 15) is 0 Å². The summed E-state index contributed by atoms with van der Waals surface area (Å²) >= 11 is 5.81. The molecule has 4 nitrogen and oxygen atoms in total. The lowest BCUT2D eigenvalue weighted by molar-refractivity contribution is 0.141. The number of aromatic nitrogens is 3. The highest BCUT2D eigenvalue weighted by Crippen LogP contribution is 2.23. The van der Waals surface area contributed by atoms with Crippen molar-refractivity contribution in [2.45, 2.75) is 32.3 Å². The fraction of sp³-hybridized carbons (Fsp3) is 0.538. The van der Waals surface area contributed by atoms with Crippen LogP contribution in [0.15, 0.2) is 18.6 Å². The summed E-state index contributed by atoms with van der Waals surface area (Å²) in [5.74, 6) is 0.569. The van der Waals surface area contributed by atoms with Crippen LogP contribution >= 0.6 is 11.6 Å². The van der Waals surface area contributed by atoms with E-state index in [4.69, 9.17) is 16.7 Å². The molecular weight excluding hydrogens is 250 g/mol. The molecule has 1 fully saturated rings. The van der Waals surface area contributed by atoms with Crippen molar-refractivity contribution in [2.24, 2.45) is 13.0 Å². The Bertz CT molecular complexity index is 518. The molecule has 0 aromatic carbocycles. The molecule has 5 heteroatoms. The second-order valence-electron chi connectivity index (χ2n) is 4.80. The van der Waals surface area contributed by atoms with Crippen LogP contribution < -0.4 is 0 Å². The highest BCUT2D eigenvalue weighted by molar-refractivity contribution is 6.33. The lowest BCUT2D eigenvalue weighted by Crippen LogP contribution is -2.07. The van der Waals surface area contributed by atoms with Gasteiger partial charge in [-0.25, -0.2) is 9.97 Å². The number of hydrogen-bond donors (Lipinski definition) is 1. The summed E-state index contributed by atoms with van der Waals surface area (Å²) in [6, 6.07) is 1.90. The number of nitrogens with zero attached hydrogens (tertiary/aromatic N) is 3. The van der Waals surface area contributed by atoms with Gasteiger partial charge in [-0.3, -0.25) is 0 Å². The second kappa shape index (κ2) is 5.67. The van der Waals surface area contributed by atoms with Crippen LogP contribution in [0.2, 0.25) is 5.15 Å². The Kier molecular flexibility index (Phi) is 4.19. The van der Waals surface area contributed by atoms with Crippen LogP contribution in [0.5, 0.6) is 0 Å². The van der Waals surface area contributed by atoms with Gasteiger partial charge in [0.05, 0.1) is 11.5 Å². The van der Waals surface area contributed by atoms with E-state index in [1.165, 1.54) is 19.2 Å². The Balaban J connectivity index is 0.000000149. The second-order valence-corrected chi connectivity index (χ2v) is 5.16. The van der Waals surface area contributed by atoms with Gasteiger partial charge in [-0.2, -0.15) is 0 Å². The molecule has 1 N–H and O–H groups in total. The van der Waals surface area contributed by atoms with E-state index in [0.29, 0.717) is 11.1 Å². The molecule has 2 heterocycles. The SMILES string of the molecule is CC1CCCC1O.Cn1ccc2c(Cl)ncnc21. The molecule has 18 heavy (non-hydrogen) atoms. The predicted molar refractivity (Wildman–Crippen MR) is 72.5 cm³/mol. The molecule has 1 aliphatic rings. The first-order valence-electron chi connectivity index (χ1n) is 6.19. The molecule has 98 valence electrons. The number of aliphatic hydroxyl groups is 1. The number of hydrogen-bond acceptors (Lipinski definition) is 3. The van der Waals surface area contributed by atoms with Gasteiger partial charge in [0, 0.05) is 13.2 Å². The number of fused-ring (bicyclic) bond motifs is 1. The zero-order chi connectivity index (χ0) is 13.1. The van der Waals surface area contributed by atoms with Crippen LogP contribution in [0.1, 0.15) is 26.2 Å². The highest BCUT2D eigenvalue weighted by atomic mass is 35.5. The molecule has 2 aromatic rings. The van der Waals surface area contributed by atoms with E-state index in [0.717, 1.165) is 17.5 Å². The summed E-state index contributed by atoms with van der Waals surface area (Å²) in [4.78, 5) is 7.93. The Labute approximate surface area is 112 Å². The molecule has 2 aromatic heterocycles. The van der Waals surface area contributed by atoms with Crippen molar-refractivity contribution in [2.75, 3.05) is 0 Å². The van der Waals surface area contributed by atoms with Gasteiger partial charge in [0.15, 0.2) is 0 Å². The molecule has 0 bridgehead atoms. The monoisotopic (exact) mass is 267 g/mol. The maximum atomic E-state index is 9.00. The van der Waals surface area contributed by atoms with E-state index in [1.54, 1.807) is 0 Å². The smallest absolute Gasteiger partial charge is 0.144 e. The predicted octanol–water partition coefficient (Wildman–Crippen LogP) is 2.79. The number of aryl methyl sites for hydroxylation is 1. The van der Waals surface area contributed by atoms with Crippen LogP contribution in [-0.4, -0.2) is 25.7 Å². The fourth-order valence-electron chi connectivity index (χ4n) is 2.17. The summed E-state index contributed by atoms with van der Waals surface area (Å²) in [5.41, 5.74) is 0.866. The number of aliphatic hydroxyl groups excluding tert-OH is 1.